The average molecular weight is 221 g/mol. The smallest absolute Gasteiger partial charge is 0.315 e. The fourth-order valence-electron chi connectivity index (χ4n) is 1.31. The summed E-state index contributed by atoms with van der Waals surface area (Å²) in [6, 6.07) is 5.65. The van der Waals surface area contributed by atoms with Gasteiger partial charge in [-0.2, -0.15) is 0 Å². The van der Waals surface area contributed by atoms with Crippen LogP contribution in [0, 0.1) is 6.92 Å². The van der Waals surface area contributed by atoms with Crippen LogP contribution in [0.1, 0.15) is 31.2 Å². The van der Waals surface area contributed by atoms with Gasteiger partial charge in [0.05, 0.1) is 12.2 Å². The first-order valence-corrected chi connectivity index (χ1v) is 5.66. The molecular weight excluding hydrogens is 202 g/mol. The lowest BCUT2D eigenvalue weighted by Gasteiger charge is -2.06. The molecule has 2 amide bonds. The number of pyridine rings is 1. The molecule has 4 nitrogen and oxygen atoms in total. The number of rotatable bonds is 5. The predicted octanol–water partition coefficient (Wildman–Crippen LogP) is 1.99. The molecule has 4 heteroatoms. The van der Waals surface area contributed by atoms with Crippen molar-refractivity contribution in [2.24, 2.45) is 0 Å². The molecule has 0 spiro atoms. The van der Waals surface area contributed by atoms with Crippen LogP contribution >= 0.6 is 0 Å². The number of urea groups is 1. The lowest BCUT2D eigenvalue weighted by atomic mass is 10.3. The van der Waals surface area contributed by atoms with E-state index in [1.54, 1.807) is 0 Å². The van der Waals surface area contributed by atoms with Crippen molar-refractivity contribution in [3.8, 4) is 0 Å². The first-order valence-electron chi connectivity index (χ1n) is 5.66. The first kappa shape index (κ1) is 12.5. The van der Waals surface area contributed by atoms with Crippen molar-refractivity contribution in [1.82, 2.24) is 15.6 Å². The van der Waals surface area contributed by atoms with Crippen LogP contribution in [0.2, 0.25) is 0 Å². The second-order valence-corrected chi connectivity index (χ2v) is 3.73. The molecule has 0 aliphatic carbocycles. The zero-order valence-electron chi connectivity index (χ0n) is 9.92. The van der Waals surface area contributed by atoms with Gasteiger partial charge in [-0.3, -0.25) is 4.98 Å². The van der Waals surface area contributed by atoms with Crippen molar-refractivity contribution in [3.63, 3.8) is 0 Å². The fraction of sp³-hybridized carbons (Fsp3) is 0.500. The molecule has 2 N–H and O–H groups in total. The van der Waals surface area contributed by atoms with Crippen LogP contribution in [0.15, 0.2) is 18.2 Å². The summed E-state index contributed by atoms with van der Waals surface area (Å²) in [5.74, 6) is 0. The summed E-state index contributed by atoms with van der Waals surface area (Å²) < 4.78 is 0. The van der Waals surface area contributed by atoms with E-state index in [-0.39, 0.29) is 6.03 Å². The lowest BCUT2D eigenvalue weighted by molar-refractivity contribution is 0.240. The number of carbonyl (C=O) groups is 1. The Hall–Kier alpha value is -1.58. The van der Waals surface area contributed by atoms with Gasteiger partial charge in [0, 0.05) is 12.2 Å². The summed E-state index contributed by atoms with van der Waals surface area (Å²) >= 11 is 0. The average Bonchev–Trinajstić information content (AvgIpc) is 2.27. The standard InChI is InChI=1S/C12H19N3O/c1-3-4-8-13-12(16)14-9-11-7-5-6-10(2)15-11/h5-7H,3-4,8-9H2,1-2H3,(H2,13,14,16). The number of unbranched alkanes of at least 4 members (excludes halogenated alkanes) is 1. The minimum atomic E-state index is -0.128. The van der Waals surface area contributed by atoms with Crippen molar-refractivity contribution in [2.75, 3.05) is 6.54 Å². The minimum absolute atomic E-state index is 0.128. The molecule has 0 fully saturated rings. The van der Waals surface area contributed by atoms with Gasteiger partial charge < -0.3 is 10.6 Å². The Kier molecular flexibility index (Phi) is 5.32. The number of aryl methyl sites for hydroxylation is 1. The SMILES string of the molecule is CCCCNC(=O)NCc1cccc(C)n1. The zero-order valence-corrected chi connectivity index (χ0v) is 9.92. The summed E-state index contributed by atoms with van der Waals surface area (Å²) in [6.07, 6.45) is 2.09. The highest BCUT2D eigenvalue weighted by atomic mass is 16.2. The molecule has 1 heterocycles. The Morgan fingerprint density at radius 3 is 2.88 bits per heavy atom. The van der Waals surface area contributed by atoms with E-state index in [0.717, 1.165) is 30.8 Å². The van der Waals surface area contributed by atoms with E-state index < -0.39 is 0 Å². The third-order valence-electron chi connectivity index (χ3n) is 2.19. The first-order chi connectivity index (χ1) is 7.72. The number of hydrogen-bond acceptors (Lipinski definition) is 2. The number of amides is 2. The third-order valence-corrected chi connectivity index (χ3v) is 2.19. The highest BCUT2D eigenvalue weighted by molar-refractivity contribution is 5.73. The second-order valence-electron chi connectivity index (χ2n) is 3.73. The fourth-order valence-corrected chi connectivity index (χ4v) is 1.31. The maximum atomic E-state index is 11.3. The molecule has 0 saturated heterocycles. The van der Waals surface area contributed by atoms with Crippen LogP contribution < -0.4 is 10.6 Å². The topological polar surface area (TPSA) is 54.0 Å². The molecule has 0 aliphatic heterocycles. The normalized spacial score (nSPS) is 9.88. The largest absolute Gasteiger partial charge is 0.338 e. The van der Waals surface area contributed by atoms with E-state index >= 15 is 0 Å². The van der Waals surface area contributed by atoms with Crippen LogP contribution in [-0.2, 0) is 6.54 Å². The predicted molar refractivity (Wildman–Crippen MR) is 64.1 cm³/mol. The van der Waals surface area contributed by atoms with Crippen LogP contribution in [0.5, 0.6) is 0 Å². The van der Waals surface area contributed by atoms with Gasteiger partial charge in [0.2, 0.25) is 0 Å². The van der Waals surface area contributed by atoms with Crippen molar-refractivity contribution in [3.05, 3.63) is 29.6 Å². The molecule has 0 saturated carbocycles. The quantitative estimate of drug-likeness (QED) is 0.747. The molecule has 1 aromatic heterocycles. The summed E-state index contributed by atoms with van der Waals surface area (Å²) in [4.78, 5) is 15.6. The Labute approximate surface area is 96.5 Å². The zero-order chi connectivity index (χ0) is 11.8. The van der Waals surface area contributed by atoms with Crippen LogP contribution in [0.3, 0.4) is 0 Å². The summed E-state index contributed by atoms with van der Waals surface area (Å²) in [5.41, 5.74) is 1.84. The molecule has 0 radical (unpaired) electrons. The van der Waals surface area contributed by atoms with Gasteiger partial charge in [0.15, 0.2) is 0 Å². The van der Waals surface area contributed by atoms with Gasteiger partial charge in [-0.05, 0) is 25.5 Å². The number of hydrogen-bond donors (Lipinski definition) is 2. The maximum Gasteiger partial charge on any atom is 0.315 e. The van der Waals surface area contributed by atoms with Gasteiger partial charge in [0.25, 0.3) is 0 Å². The van der Waals surface area contributed by atoms with Crippen molar-refractivity contribution >= 4 is 6.03 Å². The molecule has 0 atom stereocenters. The van der Waals surface area contributed by atoms with E-state index in [1.807, 2.05) is 25.1 Å². The van der Waals surface area contributed by atoms with Crippen molar-refractivity contribution in [1.29, 1.82) is 0 Å². The van der Waals surface area contributed by atoms with Gasteiger partial charge in [-0.1, -0.05) is 19.4 Å². The van der Waals surface area contributed by atoms with Crippen LogP contribution in [0.4, 0.5) is 4.79 Å². The molecular formula is C12H19N3O. The molecule has 1 aromatic rings. The van der Waals surface area contributed by atoms with Gasteiger partial charge >= 0.3 is 6.03 Å². The molecule has 16 heavy (non-hydrogen) atoms. The molecule has 0 bridgehead atoms. The van der Waals surface area contributed by atoms with E-state index in [2.05, 4.69) is 22.5 Å². The van der Waals surface area contributed by atoms with E-state index in [9.17, 15) is 4.79 Å². The summed E-state index contributed by atoms with van der Waals surface area (Å²) in [5, 5.41) is 5.56. The van der Waals surface area contributed by atoms with Crippen LogP contribution in [-0.4, -0.2) is 17.6 Å². The molecule has 0 aromatic carbocycles. The van der Waals surface area contributed by atoms with E-state index in [0.29, 0.717) is 6.54 Å². The highest BCUT2D eigenvalue weighted by Gasteiger charge is 1.99. The number of nitrogens with one attached hydrogen (secondary N) is 2. The number of nitrogens with zero attached hydrogens (tertiary/aromatic N) is 1. The van der Waals surface area contributed by atoms with Gasteiger partial charge in [-0.25, -0.2) is 4.79 Å². The maximum absolute atomic E-state index is 11.3. The Bertz CT molecular complexity index is 339. The van der Waals surface area contributed by atoms with Gasteiger partial charge in [-0.15, -0.1) is 0 Å². The van der Waals surface area contributed by atoms with E-state index in [1.165, 1.54) is 0 Å². The van der Waals surface area contributed by atoms with E-state index in [4.69, 9.17) is 0 Å². The molecule has 0 unspecified atom stereocenters. The third kappa shape index (κ3) is 4.77. The lowest BCUT2D eigenvalue weighted by Crippen LogP contribution is -2.35. The number of aromatic nitrogens is 1. The van der Waals surface area contributed by atoms with Crippen molar-refractivity contribution in [2.45, 2.75) is 33.2 Å². The number of carbonyl (C=O) groups excluding carboxylic acids is 1. The Balaban J connectivity index is 2.26. The van der Waals surface area contributed by atoms with Crippen molar-refractivity contribution < 1.29 is 4.79 Å². The summed E-state index contributed by atoms with van der Waals surface area (Å²) in [7, 11) is 0. The monoisotopic (exact) mass is 221 g/mol. The van der Waals surface area contributed by atoms with Gasteiger partial charge in [0.1, 0.15) is 0 Å². The second kappa shape index (κ2) is 6.82. The Morgan fingerprint density at radius 2 is 2.19 bits per heavy atom. The molecule has 1 rings (SSSR count). The Morgan fingerprint density at radius 1 is 1.38 bits per heavy atom. The summed E-state index contributed by atoms with van der Waals surface area (Å²) in [6.45, 7) is 5.23. The minimum Gasteiger partial charge on any atom is -0.338 e. The highest BCUT2D eigenvalue weighted by Crippen LogP contribution is 1.97. The van der Waals surface area contributed by atoms with Crippen LogP contribution in [0.25, 0.3) is 0 Å². The molecule has 0 aliphatic rings. The molecule has 88 valence electrons.